The molecule has 2 aromatic carbocycles. The predicted molar refractivity (Wildman–Crippen MR) is 136 cm³/mol. The van der Waals surface area contributed by atoms with Gasteiger partial charge >= 0.3 is 6.03 Å². The first-order valence-corrected chi connectivity index (χ1v) is 12.6. The van der Waals surface area contributed by atoms with Gasteiger partial charge in [-0.05, 0) is 43.9 Å². The van der Waals surface area contributed by atoms with E-state index in [2.05, 4.69) is 25.7 Å². The fourth-order valence-electron chi connectivity index (χ4n) is 3.91. The van der Waals surface area contributed by atoms with Crippen molar-refractivity contribution in [2.75, 3.05) is 25.1 Å². The molecule has 1 aliphatic rings. The molecule has 35 heavy (non-hydrogen) atoms. The van der Waals surface area contributed by atoms with Crippen LogP contribution in [0.4, 0.5) is 10.7 Å². The number of benzene rings is 2. The summed E-state index contributed by atoms with van der Waals surface area (Å²) in [5.74, 6) is 1.00. The van der Waals surface area contributed by atoms with E-state index in [4.69, 9.17) is 4.74 Å². The van der Waals surface area contributed by atoms with E-state index in [9.17, 15) is 9.59 Å². The first-order chi connectivity index (χ1) is 17.1. The van der Waals surface area contributed by atoms with Gasteiger partial charge in [-0.3, -0.25) is 14.7 Å². The van der Waals surface area contributed by atoms with Crippen LogP contribution in [0.3, 0.4) is 0 Å². The highest BCUT2D eigenvalue weighted by molar-refractivity contribution is 8.00. The van der Waals surface area contributed by atoms with E-state index in [0.29, 0.717) is 17.5 Å². The summed E-state index contributed by atoms with van der Waals surface area (Å²) >= 11 is 1.25. The van der Waals surface area contributed by atoms with Crippen molar-refractivity contribution in [3.63, 3.8) is 0 Å². The number of hydrogen-bond donors (Lipinski definition) is 2. The number of carbonyl (C=O) groups is 2. The SMILES string of the molecule is COc1ccccc1-n1c(SC(C)C(=O)NC(=O)NCc2ccccc2)nnc1N1CCCCC1. The number of nitrogens with zero attached hydrogens (tertiary/aromatic N) is 4. The maximum absolute atomic E-state index is 12.8. The number of urea groups is 1. The van der Waals surface area contributed by atoms with Crippen molar-refractivity contribution in [2.45, 2.75) is 43.1 Å². The van der Waals surface area contributed by atoms with Crippen LogP contribution in [-0.4, -0.2) is 52.2 Å². The Bertz CT molecular complexity index is 1150. The van der Waals surface area contributed by atoms with E-state index >= 15 is 0 Å². The molecule has 4 rings (SSSR count). The minimum atomic E-state index is -0.579. The number of imide groups is 1. The number of ether oxygens (including phenoxy) is 1. The van der Waals surface area contributed by atoms with Crippen molar-refractivity contribution < 1.29 is 14.3 Å². The van der Waals surface area contributed by atoms with Crippen molar-refractivity contribution in [2.24, 2.45) is 0 Å². The zero-order valence-corrected chi connectivity index (χ0v) is 20.8. The second kappa shape index (κ2) is 11.7. The van der Waals surface area contributed by atoms with Crippen LogP contribution in [0.15, 0.2) is 59.8 Å². The monoisotopic (exact) mass is 494 g/mol. The number of hydrogen-bond acceptors (Lipinski definition) is 7. The van der Waals surface area contributed by atoms with Crippen LogP contribution < -0.4 is 20.3 Å². The van der Waals surface area contributed by atoms with Crippen molar-refractivity contribution >= 4 is 29.6 Å². The molecule has 1 aliphatic heterocycles. The molecule has 0 bridgehead atoms. The summed E-state index contributed by atoms with van der Waals surface area (Å²) in [5.41, 5.74) is 1.75. The zero-order chi connectivity index (χ0) is 24.6. The smallest absolute Gasteiger partial charge is 0.321 e. The molecule has 3 amide bonds. The third-order valence-electron chi connectivity index (χ3n) is 5.77. The topological polar surface area (TPSA) is 101 Å². The van der Waals surface area contributed by atoms with Gasteiger partial charge in [-0.1, -0.05) is 54.2 Å². The van der Waals surface area contributed by atoms with Crippen molar-refractivity contribution in [3.05, 3.63) is 60.2 Å². The molecule has 1 atom stereocenters. The third kappa shape index (κ3) is 6.13. The Balaban J connectivity index is 1.49. The molecule has 1 fully saturated rings. The molecule has 0 saturated carbocycles. The molecule has 1 aromatic heterocycles. The van der Waals surface area contributed by atoms with Gasteiger partial charge in [-0.15, -0.1) is 10.2 Å². The second-order valence-electron chi connectivity index (χ2n) is 8.26. The van der Waals surface area contributed by atoms with Crippen LogP contribution in [0.1, 0.15) is 31.7 Å². The van der Waals surface area contributed by atoms with Gasteiger partial charge in [0.05, 0.1) is 18.0 Å². The number of methoxy groups -OCH3 is 1. The molecule has 2 N–H and O–H groups in total. The van der Waals surface area contributed by atoms with Gasteiger partial charge in [0.2, 0.25) is 11.9 Å². The highest BCUT2D eigenvalue weighted by atomic mass is 32.2. The molecular weight excluding hydrogens is 464 g/mol. The molecular formula is C25H30N6O3S. The Morgan fingerprint density at radius 1 is 1.03 bits per heavy atom. The number of para-hydroxylation sites is 2. The Hall–Kier alpha value is -3.53. The molecule has 9 nitrogen and oxygen atoms in total. The normalized spacial score (nSPS) is 14.3. The highest BCUT2D eigenvalue weighted by Crippen LogP contribution is 2.34. The lowest BCUT2D eigenvalue weighted by atomic mass is 10.1. The van der Waals surface area contributed by atoms with Crippen LogP contribution in [0.25, 0.3) is 5.69 Å². The van der Waals surface area contributed by atoms with Crippen LogP contribution in [0.5, 0.6) is 5.75 Å². The Morgan fingerprint density at radius 2 is 1.74 bits per heavy atom. The van der Waals surface area contributed by atoms with E-state index < -0.39 is 17.2 Å². The lowest BCUT2D eigenvalue weighted by Gasteiger charge is -2.28. The highest BCUT2D eigenvalue weighted by Gasteiger charge is 2.26. The summed E-state index contributed by atoms with van der Waals surface area (Å²) in [5, 5.41) is 14.0. The number of piperidine rings is 1. The maximum atomic E-state index is 12.8. The first-order valence-electron chi connectivity index (χ1n) is 11.7. The number of anilines is 1. The van der Waals surface area contributed by atoms with Crippen LogP contribution >= 0.6 is 11.8 Å². The standard InChI is InChI=1S/C25H30N6O3S/c1-18(22(32)27-23(33)26-17-19-11-5-3-6-12-19)35-25-29-28-24(30-15-9-4-10-16-30)31(25)20-13-7-8-14-21(20)34-2/h3,5-8,11-14,18H,4,9-10,15-17H2,1-2H3,(H2,26,27,32,33). The summed E-state index contributed by atoms with van der Waals surface area (Å²) in [6.45, 7) is 3.88. The summed E-state index contributed by atoms with van der Waals surface area (Å²) in [6.07, 6.45) is 3.39. The Morgan fingerprint density at radius 3 is 2.49 bits per heavy atom. The summed E-state index contributed by atoms with van der Waals surface area (Å²) in [6, 6.07) is 16.7. The van der Waals surface area contributed by atoms with E-state index in [-0.39, 0.29) is 0 Å². The van der Waals surface area contributed by atoms with Crippen molar-refractivity contribution in [1.82, 2.24) is 25.4 Å². The van der Waals surface area contributed by atoms with Gasteiger partial charge in [0.1, 0.15) is 5.75 Å². The number of nitrogens with one attached hydrogen (secondary N) is 2. The van der Waals surface area contributed by atoms with Gasteiger partial charge < -0.3 is 15.0 Å². The molecule has 1 unspecified atom stereocenters. The molecule has 3 aromatic rings. The number of carbonyl (C=O) groups excluding carboxylic acids is 2. The zero-order valence-electron chi connectivity index (χ0n) is 19.9. The molecule has 0 radical (unpaired) electrons. The quantitative estimate of drug-likeness (QED) is 0.460. The van der Waals surface area contributed by atoms with Gasteiger partial charge in [0, 0.05) is 19.6 Å². The summed E-state index contributed by atoms with van der Waals surface area (Å²) < 4.78 is 7.54. The predicted octanol–water partition coefficient (Wildman–Crippen LogP) is 3.77. The van der Waals surface area contributed by atoms with Crippen LogP contribution in [0.2, 0.25) is 0 Å². The van der Waals surface area contributed by atoms with Crippen LogP contribution in [-0.2, 0) is 11.3 Å². The number of thioether (sulfide) groups is 1. The maximum Gasteiger partial charge on any atom is 0.321 e. The molecule has 184 valence electrons. The molecule has 10 heteroatoms. The third-order valence-corrected chi connectivity index (χ3v) is 6.81. The van der Waals surface area contributed by atoms with E-state index in [1.807, 2.05) is 59.2 Å². The molecule has 2 heterocycles. The van der Waals surface area contributed by atoms with Gasteiger partial charge in [-0.25, -0.2) is 4.79 Å². The summed E-state index contributed by atoms with van der Waals surface area (Å²) in [4.78, 5) is 27.2. The fourth-order valence-corrected chi connectivity index (χ4v) is 4.77. The van der Waals surface area contributed by atoms with Crippen LogP contribution in [0, 0.1) is 0 Å². The van der Waals surface area contributed by atoms with Gasteiger partial charge in [0.15, 0.2) is 5.16 Å². The number of aromatic nitrogens is 3. The average Bonchev–Trinajstić information content (AvgIpc) is 3.31. The van der Waals surface area contributed by atoms with E-state index in [0.717, 1.165) is 43.1 Å². The van der Waals surface area contributed by atoms with Gasteiger partial charge in [0.25, 0.3) is 0 Å². The minimum absolute atomic E-state index is 0.336. The van der Waals surface area contributed by atoms with Crippen molar-refractivity contribution in [3.8, 4) is 11.4 Å². The molecule has 0 aliphatic carbocycles. The fraction of sp³-hybridized carbons (Fsp3) is 0.360. The van der Waals surface area contributed by atoms with E-state index in [1.54, 1.807) is 14.0 Å². The lowest BCUT2D eigenvalue weighted by molar-refractivity contribution is -0.119. The minimum Gasteiger partial charge on any atom is -0.495 e. The van der Waals surface area contributed by atoms with E-state index in [1.165, 1.54) is 18.2 Å². The number of rotatable bonds is 8. The number of amides is 3. The molecule has 1 saturated heterocycles. The summed E-state index contributed by atoms with van der Waals surface area (Å²) in [7, 11) is 1.63. The average molecular weight is 495 g/mol. The largest absolute Gasteiger partial charge is 0.495 e. The first kappa shape index (κ1) is 24.6. The second-order valence-corrected chi connectivity index (χ2v) is 9.56. The molecule has 0 spiro atoms. The Labute approximate surface area is 209 Å². The van der Waals surface area contributed by atoms with Gasteiger partial charge in [-0.2, -0.15) is 0 Å². The Kier molecular flexibility index (Phi) is 8.25. The van der Waals surface area contributed by atoms with Crippen molar-refractivity contribution in [1.29, 1.82) is 0 Å². The lowest BCUT2D eigenvalue weighted by Crippen LogP contribution is -2.42.